The standard InChI is InChI=1S/C23H19N5OS2/c1-16-9-10-20-24-18(12-21(29)27(20)13-16)15-31-23-26-25-22(19-8-5-11-30-19)28(23)14-17-6-3-2-4-7-17/h2-13H,14-15H2,1H3. The summed E-state index contributed by atoms with van der Waals surface area (Å²) < 4.78 is 3.71. The largest absolute Gasteiger partial charge is 0.297 e. The maximum Gasteiger partial charge on any atom is 0.258 e. The van der Waals surface area contributed by atoms with Crippen LogP contribution in [-0.2, 0) is 12.3 Å². The van der Waals surface area contributed by atoms with Crippen LogP contribution >= 0.6 is 23.1 Å². The van der Waals surface area contributed by atoms with E-state index in [2.05, 4.69) is 37.9 Å². The van der Waals surface area contributed by atoms with Crippen molar-refractivity contribution in [3.63, 3.8) is 0 Å². The molecule has 0 radical (unpaired) electrons. The molecule has 0 aliphatic heterocycles. The summed E-state index contributed by atoms with van der Waals surface area (Å²) in [7, 11) is 0. The number of hydrogen-bond donors (Lipinski definition) is 0. The summed E-state index contributed by atoms with van der Waals surface area (Å²) >= 11 is 3.19. The van der Waals surface area contributed by atoms with Crippen LogP contribution in [-0.4, -0.2) is 24.1 Å². The SMILES string of the molecule is Cc1ccc2nc(CSc3nnc(-c4cccs4)n3Cc3ccccc3)cc(=O)n2c1. The van der Waals surface area contributed by atoms with Crippen molar-refractivity contribution in [2.45, 2.75) is 24.4 Å². The molecule has 0 amide bonds. The second-order valence-corrected chi connectivity index (χ2v) is 9.05. The Kier molecular flexibility index (Phi) is 5.40. The molecule has 0 fully saturated rings. The van der Waals surface area contributed by atoms with Crippen molar-refractivity contribution in [3.05, 3.63) is 99.4 Å². The van der Waals surface area contributed by atoms with Crippen LogP contribution in [0.15, 0.2) is 82.2 Å². The molecule has 0 saturated heterocycles. The molecule has 31 heavy (non-hydrogen) atoms. The van der Waals surface area contributed by atoms with E-state index in [4.69, 9.17) is 0 Å². The minimum Gasteiger partial charge on any atom is -0.297 e. The molecule has 0 N–H and O–H groups in total. The van der Waals surface area contributed by atoms with Crippen LogP contribution in [0, 0.1) is 6.92 Å². The Morgan fingerprint density at radius 2 is 1.90 bits per heavy atom. The predicted molar refractivity (Wildman–Crippen MR) is 125 cm³/mol. The molecule has 5 aromatic rings. The highest BCUT2D eigenvalue weighted by atomic mass is 32.2. The molecule has 4 aromatic heterocycles. The summed E-state index contributed by atoms with van der Waals surface area (Å²) in [6, 6.07) is 19.8. The number of thiophene rings is 1. The van der Waals surface area contributed by atoms with Crippen molar-refractivity contribution in [1.82, 2.24) is 24.1 Å². The first-order valence-corrected chi connectivity index (χ1v) is 11.7. The molecule has 0 unspecified atom stereocenters. The van der Waals surface area contributed by atoms with Gasteiger partial charge in [0.25, 0.3) is 5.56 Å². The van der Waals surface area contributed by atoms with Crippen LogP contribution < -0.4 is 5.56 Å². The molecular weight excluding hydrogens is 426 g/mol. The van der Waals surface area contributed by atoms with Gasteiger partial charge >= 0.3 is 0 Å². The predicted octanol–water partition coefficient (Wildman–Crippen LogP) is 4.66. The van der Waals surface area contributed by atoms with E-state index in [0.29, 0.717) is 17.9 Å². The average molecular weight is 446 g/mol. The number of hydrogen-bond acceptors (Lipinski definition) is 6. The van der Waals surface area contributed by atoms with Crippen LogP contribution in [0.5, 0.6) is 0 Å². The fourth-order valence-corrected chi connectivity index (χ4v) is 4.91. The van der Waals surface area contributed by atoms with Crippen LogP contribution in [0.1, 0.15) is 16.8 Å². The van der Waals surface area contributed by atoms with E-state index in [1.54, 1.807) is 33.6 Å². The number of benzene rings is 1. The van der Waals surface area contributed by atoms with Crippen molar-refractivity contribution in [2.75, 3.05) is 0 Å². The van der Waals surface area contributed by atoms with Gasteiger partial charge < -0.3 is 0 Å². The first-order chi connectivity index (χ1) is 15.2. The molecule has 4 heterocycles. The van der Waals surface area contributed by atoms with E-state index in [0.717, 1.165) is 27.1 Å². The molecule has 1 aromatic carbocycles. The van der Waals surface area contributed by atoms with Crippen LogP contribution in [0.3, 0.4) is 0 Å². The number of aryl methyl sites for hydroxylation is 1. The van der Waals surface area contributed by atoms with E-state index >= 15 is 0 Å². The molecule has 0 aliphatic carbocycles. The van der Waals surface area contributed by atoms with Crippen LogP contribution in [0.4, 0.5) is 0 Å². The molecule has 8 heteroatoms. The van der Waals surface area contributed by atoms with Gasteiger partial charge in [-0.15, -0.1) is 21.5 Å². The molecule has 0 aliphatic rings. The van der Waals surface area contributed by atoms with E-state index in [9.17, 15) is 4.79 Å². The zero-order valence-corrected chi connectivity index (χ0v) is 18.4. The smallest absolute Gasteiger partial charge is 0.258 e. The van der Waals surface area contributed by atoms with Gasteiger partial charge in [0.05, 0.1) is 17.1 Å². The van der Waals surface area contributed by atoms with Crippen molar-refractivity contribution in [3.8, 4) is 10.7 Å². The number of pyridine rings is 1. The summed E-state index contributed by atoms with van der Waals surface area (Å²) in [6.07, 6.45) is 1.81. The summed E-state index contributed by atoms with van der Waals surface area (Å²) in [5.41, 5.74) is 3.51. The van der Waals surface area contributed by atoms with Gasteiger partial charge in [-0.1, -0.05) is 54.2 Å². The lowest BCUT2D eigenvalue weighted by Crippen LogP contribution is -2.15. The number of rotatable bonds is 6. The molecule has 154 valence electrons. The van der Waals surface area contributed by atoms with E-state index in [1.807, 2.05) is 54.9 Å². The third-order valence-corrected chi connectivity index (χ3v) is 6.72. The van der Waals surface area contributed by atoms with E-state index in [-0.39, 0.29) is 5.56 Å². The third kappa shape index (κ3) is 4.17. The fraction of sp³-hybridized carbons (Fsp3) is 0.130. The molecule has 0 atom stereocenters. The Balaban J connectivity index is 1.46. The quantitative estimate of drug-likeness (QED) is 0.356. The second kappa shape index (κ2) is 8.49. The number of aromatic nitrogens is 5. The zero-order valence-electron chi connectivity index (χ0n) is 16.8. The number of fused-ring (bicyclic) bond motifs is 1. The average Bonchev–Trinajstić information content (AvgIpc) is 3.44. The maximum absolute atomic E-state index is 12.5. The second-order valence-electron chi connectivity index (χ2n) is 7.16. The molecule has 0 spiro atoms. The maximum atomic E-state index is 12.5. The lowest BCUT2D eigenvalue weighted by atomic mass is 10.2. The van der Waals surface area contributed by atoms with Crippen molar-refractivity contribution < 1.29 is 0 Å². The minimum absolute atomic E-state index is 0.0747. The molecule has 5 rings (SSSR count). The van der Waals surface area contributed by atoms with Gasteiger partial charge in [-0.3, -0.25) is 13.8 Å². The van der Waals surface area contributed by atoms with Gasteiger partial charge in [-0.2, -0.15) is 0 Å². The van der Waals surface area contributed by atoms with Gasteiger partial charge in [0.2, 0.25) is 0 Å². The number of thioether (sulfide) groups is 1. The van der Waals surface area contributed by atoms with E-state index in [1.165, 1.54) is 5.56 Å². The molecule has 6 nitrogen and oxygen atoms in total. The summed E-state index contributed by atoms with van der Waals surface area (Å²) in [5, 5.41) is 11.8. The molecule has 0 bridgehead atoms. The Bertz CT molecular complexity index is 1390. The van der Waals surface area contributed by atoms with Crippen molar-refractivity contribution in [1.29, 1.82) is 0 Å². The van der Waals surface area contributed by atoms with Gasteiger partial charge in [0, 0.05) is 18.0 Å². The molecule has 0 saturated carbocycles. The normalized spacial score (nSPS) is 11.3. The first-order valence-electron chi connectivity index (χ1n) is 9.80. The Labute approximate surface area is 187 Å². The van der Waals surface area contributed by atoms with Gasteiger partial charge in [-0.25, -0.2) is 4.98 Å². The summed E-state index contributed by atoms with van der Waals surface area (Å²) in [5.74, 6) is 1.39. The van der Waals surface area contributed by atoms with Gasteiger partial charge in [-0.05, 0) is 35.6 Å². The number of nitrogens with zero attached hydrogens (tertiary/aromatic N) is 5. The van der Waals surface area contributed by atoms with Crippen LogP contribution in [0.25, 0.3) is 16.3 Å². The Morgan fingerprint density at radius 3 is 2.71 bits per heavy atom. The highest BCUT2D eigenvalue weighted by Crippen LogP contribution is 2.29. The first kappa shape index (κ1) is 19.7. The highest BCUT2D eigenvalue weighted by Gasteiger charge is 2.16. The Morgan fingerprint density at radius 1 is 1.03 bits per heavy atom. The van der Waals surface area contributed by atoms with Gasteiger partial charge in [0.15, 0.2) is 11.0 Å². The lowest BCUT2D eigenvalue weighted by Gasteiger charge is -2.10. The third-order valence-electron chi connectivity index (χ3n) is 4.85. The fourth-order valence-electron chi connectivity index (χ4n) is 3.36. The lowest BCUT2D eigenvalue weighted by molar-refractivity contribution is 0.715. The van der Waals surface area contributed by atoms with Crippen molar-refractivity contribution in [2.24, 2.45) is 0 Å². The monoisotopic (exact) mass is 445 g/mol. The van der Waals surface area contributed by atoms with Crippen molar-refractivity contribution >= 4 is 28.7 Å². The topological polar surface area (TPSA) is 65.1 Å². The van der Waals surface area contributed by atoms with E-state index < -0.39 is 0 Å². The highest BCUT2D eigenvalue weighted by molar-refractivity contribution is 7.98. The van der Waals surface area contributed by atoms with Gasteiger partial charge in [0.1, 0.15) is 5.65 Å². The minimum atomic E-state index is -0.0747. The zero-order chi connectivity index (χ0) is 21.2. The van der Waals surface area contributed by atoms with Crippen LogP contribution in [0.2, 0.25) is 0 Å². The Hall–Kier alpha value is -3.23. The molecular formula is C23H19N5OS2. The summed E-state index contributed by atoms with van der Waals surface area (Å²) in [4.78, 5) is 18.2. The summed E-state index contributed by atoms with van der Waals surface area (Å²) in [6.45, 7) is 2.64.